The van der Waals surface area contributed by atoms with Crippen LogP contribution in [0.1, 0.15) is 51.4 Å². The first-order valence-corrected chi connectivity index (χ1v) is 10.0. The number of aromatic nitrogens is 3. The van der Waals surface area contributed by atoms with E-state index in [-0.39, 0.29) is 17.6 Å². The first-order chi connectivity index (χ1) is 13.3. The minimum absolute atomic E-state index is 0.00545. The summed E-state index contributed by atoms with van der Waals surface area (Å²) < 4.78 is 9.21. The number of carbonyl (C=O) groups excluding carboxylic acids is 1. The van der Waals surface area contributed by atoms with Crippen molar-refractivity contribution in [1.29, 1.82) is 0 Å². The molecule has 1 N–H and O–H groups in total. The van der Waals surface area contributed by atoms with Crippen LogP contribution >= 0.6 is 0 Å². The number of nitrogens with zero attached hydrogens (tertiary/aromatic N) is 3. The van der Waals surface area contributed by atoms with E-state index in [9.17, 15) is 9.59 Å². The molecule has 0 fully saturated rings. The lowest BCUT2D eigenvalue weighted by Gasteiger charge is -2.28. The van der Waals surface area contributed by atoms with E-state index < -0.39 is 5.60 Å². The first-order valence-electron chi connectivity index (χ1n) is 10.0. The van der Waals surface area contributed by atoms with E-state index in [1.807, 2.05) is 38.1 Å². The Morgan fingerprint density at radius 2 is 2.00 bits per heavy atom. The summed E-state index contributed by atoms with van der Waals surface area (Å²) >= 11 is 0. The van der Waals surface area contributed by atoms with Crippen molar-refractivity contribution in [2.45, 2.75) is 78.1 Å². The fraction of sp³-hybridized carbons (Fsp3) is 0.571. The van der Waals surface area contributed by atoms with Crippen molar-refractivity contribution in [3.05, 3.63) is 46.1 Å². The summed E-state index contributed by atoms with van der Waals surface area (Å²) in [5, 5.41) is 7.56. The molecular formula is C21H30N4O3. The van der Waals surface area contributed by atoms with Crippen molar-refractivity contribution in [2.75, 3.05) is 0 Å². The van der Waals surface area contributed by atoms with E-state index >= 15 is 0 Å². The molecule has 152 valence electrons. The molecule has 1 amide bonds. The number of rotatable bonds is 6. The molecule has 2 aromatic rings. The van der Waals surface area contributed by atoms with Crippen LogP contribution < -0.4 is 15.7 Å². The molecule has 1 unspecified atom stereocenters. The van der Waals surface area contributed by atoms with Crippen molar-refractivity contribution in [2.24, 2.45) is 0 Å². The average molecular weight is 386 g/mol. The van der Waals surface area contributed by atoms with E-state index in [0.29, 0.717) is 31.7 Å². The second-order valence-corrected chi connectivity index (χ2v) is 8.00. The zero-order valence-corrected chi connectivity index (χ0v) is 17.2. The van der Waals surface area contributed by atoms with E-state index in [4.69, 9.17) is 4.74 Å². The van der Waals surface area contributed by atoms with Crippen LogP contribution in [0.4, 0.5) is 0 Å². The van der Waals surface area contributed by atoms with Crippen molar-refractivity contribution >= 4 is 5.91 Å². The van der Waals surface area contributed by atoms with Gasteiger partial charge in [0.25, 0.3) is 5.91 Å². The topological polar surface area (TPSA) is 78.2 Å². The van der Waals surface area contributed by atoms with Crippen LogP contribution in [0.15, 0.2) is 29.1 Å². The summed E-state index contributed by atoms with van der Waals surface area (Å²) in [4.78, 5) is 25.2. The third-order valence-corrected chi connectivity index (χ3v) is 5.13. The van der Waals surface area contributed by atoms with Crippen LogP contribution in [0, 0.1) is 6.92 Å². The van der Waals surface area contributed by atoms with Crippen molar-refractivity contribution in [3.63, 3.8) is 0 Å². The third-order valence-electron chi connectivity index (χ3n) is 5.13. The number of ether oxygens (including phenoxy) is 1. The molecule has 7 heteroatoms. The van der Waals surface area contributed by atoms with Crippen LogP contribution in [0.2, 0.25) is 0 Å². The number of nitrogens with one attached hydrogen (secondary N) is 1. The number of hydrogen-bond acceptors (Lipinski definition) is 4. The second kappa shape index (κ2) is 8.20. The molecule has 1 aromatic carbocycles. The van der Waals surface area contributed by atoms with Gasteiger partial charge in [0.1, 0.15) is 11.6 Å². The SMILES string of the molecule is CCCn1nc2n(c1=O)CCC(NC(=O)C(C)(C)Oc1ccc(C)cc1)CC2. The summed E-state index contributed by atoms with van der Waals surface area (Å²) in [5.41, 5.74) is 0.110. The molecule has 0 bridgehead atoms. The van der Waals surface area contributed by atoms with E-state index in [1.54, 1.807) is 23.1 Å². The third kappa shape index (κ3) is 4.46. The van der Waals surface area contributed by atoms with Crippen LogP contribution in [0.25, 0.3) is 0 Å². The highest BCUT2D eigenvalue weighted by Crippen LogP contribution is 2.20. The van der Waals surface area contributed by atoms with Crippen molar-refractivity contribution in [1.82, 2.24) is 19.7 Å². The van der Waals surface area contributed by atoms with E-state index in [1.165, 1.54) is 0 Å². The summed E-state index contributed by atoms with van der Waals surface area (Å²) in [6, 6.07) is 7.66. The van der Waals surface area contributed by atoms with Gasteiger partial charge in [0.2, 0.25) is 0 Å². The van der Waals surface area contributed by atoms with E-state index in [0.717, 1.165) is 24.2 Å². The van der Waals surface area contributed by atoms with Gasteiger partial charge < -0.3 is 10.1 Å². The van der Waals surface area contributed by atoms with Gasteiger partial charge in [-0.25, -0.2) is 9.48 Å². The van der Waals surface area contributed by atoms with Gasteiger partial charge in [0.05, 0.1) is 0 Å². The molecule has 0 saturated carbocycles. The maximum absolute atomic E-state index is 12.8. The largest absolute Gasteiger partial charge is 0.478 e. The first kappa shape index (κ1) is 20.2. The lowest BCUT2D eigenvalue weighted by atomic mass is 10.0. The monoisotopic (exact) mass is 386 g/mol. The van der Waals surface area contributed by atoms with E-state index in [2.05, 4.69) is 10.4 Å². The summed E-state index contributed by atoms with van der Waals surface area (Å²) in [5.74, 6) is 1.33. The Balaban J connectivity index is 1.61. The van der Waals surface area contributed by atoms with Crippen LogP contribution in [-0.4, -0.2) is 31.9 Å². The zero-order valence-electron chi connectivity index (χ0n) is 17.2. The lowest BCUT2D eigenvalue weighted by molar-refractivity contribution is -0.135. The smallest absolute Gasteiger partial charge is 0.345 e. The second-order valence-electron chi connectivity index (χ2n) is 8.00. The molecule has 2 heterocycles. The predicted octanol–water partition coefficient (Wildman–Crippen LogP) is 2.44. The lowest BCUT2D eigenvalue weighted by Crippen LogP contribution is -2.50. The van der Waals surface area contributed by atoms with Crippen molar-refractivity contribution < 1.29 is 9.53 Å². The quantitative estimate of drug-likeness (QED) is 0.827. The number of carbonyl (C=O) groups is 1. The maximum Gasteiger partial charge on any atom is 0.345 e. The molecule has 1 aliphatic heterocycles. The highest BCUT2D eigenvalue weighted by atomic mass is 16.5. The van der Waals surface area contributed by atoms with Crippen LogP contribution in [0.5, 0.6) is 5.75 Å². The Kier molecular flexibility index (Phi) is 5.91. The van der Waals surface area contributed by atoms with Gasteiger partial charge in [-0.05, 0) is 52.2 Å². The fourth-order valence-corrected chi connectivity index (χ4v) is 3.44. The standard InChI is InChI=1S/C21H30N4O3/c1-5-13-25-20(27)24-14-12-16(8-11-18(24)23-25)22-19(26)21(3,4)28-17-9-6-15(2)7-10-17/h6-7,9-10,16H,5,8,11-14H2,1-4H3,(H,22,26). The Morgan fingerprint density at radius 3 is 2.68 bits per heavy atom. The molecule has 0 saturated heterocycles. The van der Waals surface area contributed by atoms with Gasteiger partial charge in [0.15, 0.2) is 5.60 Å². The predicted molar refractivity (Wildman–Crippen MR) is 108 cm³/mol. The molecule has 7 nitrogen and oxygen atoms in total. The fourth-order valence-electron chi connectivity index (χ4n) is 3.44. The highest BCUT2D eigenvalue weighted by molar-refractivity contribution is 5.85. The molecular weight excluding hydrogens is 356 g/mol. The normalized spacial score (nSPS) is 16.9. The molecule has 28 heavy (non-hydrogen) atoms. The Hall–Kier alpha value is -2.57. The van der Waals surface area contributed by atoms with Crippen LogP contribution in [-0.2, 0) is 24.3 Å². The Morgan fingerprint density at radius 1 is 1.29 bits per heavy atom. The van der Waals surface area contributed by atoms with Crippen LogP contribution in [0.3, 0.4) is 0 Å². The van der Waals surface area contributed by atoms with Crippen molar-refractivity contribution in [3.8, 4) is 5.75 Å². The summed E-state index contributed by atoms with van der Waals surface area (Å²) in [6.07, 6.45) is 3.02. The molecule has 3 rings (SSSR count). The highest BCUT2D eigenvalue weighted by Gasteiger charge is 2.32. The number of benzene rings is 1. The van der Waals surface area contributed by atoms with Gasteiger partial charge in [-0.3, -0.25) is 9.36 Å². The Labute approximate surface area is 165 Å². The molecule has 0 spiro atoms. The van der Waals surface area contributed by atoms with Gasteiger partial charge >= 0.3 is 5.69 Å². The van der Waals surface area contributed by atoms with Gasteiger partial charge in [-0.15, -0.1) is 0 Å². The zero-order chi connectivity index (χ0) is 20.3. The van der Waals surface area contributed by atoms with Gasteiger partial charge in [-0.2, -0.15) is 5.10 Å². The number of fused-ring (bicyclic) bond motifs is 1. The summed E-state index contributed by atoms with van der Waals surface area (Å²) in [6.45, 7) is 8.80. The molecule has 1 aromatic heterocycles. The molecule has 0 radical (unpaired) electrons. The minimum Gasteiger partial charge on any atom is -0.478 e. The minimum atomic E-state index is -0.983. The van der Waals surface area contributed by atoms with Gasteiger partial charge in [0, 0.05) is 25.6 Å². The number of aryl methyl sites for hydroxylation is 3. The molecule has 1 aliphatic rings. The van der Waals surface area contributed by atoms with Gasteiger partial charge in [-0.1, -0.05) is 24.6 Å². The molecule has 1 atom stereocenters. The number of amides is 1. The number of hydrogen-bond donors (Lipinski definition) is 1. The average Bonchev–Trinajstić information content (AvgIpc) is 2.81. The molecule has 0 aliphatic carbocycles. The Bertz CT molecular complexity index is 880. The maximum atomic E-state index is 12.8. The summed E-state index contributed by atoms with van der Waals surface area (Å²) in [7, 11) is 0.